The molecular weight excluding hydrogens is 320 g/mol. The van der Waals surface area contributed by atoms with E-state index in [4.69, 9.17) is 0 Å². The third-order valence-electron chi connectivity index (χ3n) is 5.60. The Hall–Kier alpha value is -2.13. The lowest BCUT2D eigenvalue weighted by Gasteiger charge is -2.40. The molecule has 26 heavy (non-hydrogen) atoms. The van der Waals surface area contributed by atoms with Crippen LogP contribution in [-0.4, -0.2) is 47.9 Å². The quantitative estimate of drug-likeness (QED) is 0.781. The molecule has 3 nitrogen and oxygen atoms in total. The summed E-state index contributed by atoms with van der Waals surface area (Å²) in [5.74, 6) is 0.0173. The monoisotopic (exact) mass is 350 g/mol. The summed E-state index contributed by atoms with van der Waals surface area (Å²) in [5, 5.41) is 0. The molecule has 1 aliphatic rings. The second kappa shape index (κ2) is 9.00. The van der Waals surface area contributed by atoms with E-state index in [0.717, 1.165) is 37.3 Å². The molecule has 1 aliphatic heterocycles. The maximum atomic E-state index is 13.4. The molecule has 2 aromatic carbocycles. The molecule has 2 aromatic rings. The number of benzene rings is 2. The first-order valence-corrected chi connectivity index (χ1v) is 9.87. The molecule has 0 saturated carbocycles. The van der Waals surface area contributed by atoms with Crippen LogP contribution >= 0.6 is 0 Å². The Labute approximate surface area is 157 Å². The van der Waals surface area contributed by atoms with Crippen LogP contribution in [0.3, 0.4) is 0 Å². The zero-order valence-electron chi connectivity index (χ0n) is 16.0. The summed E-state index contributed by atoms with van der Waals surface area (Å²) in [7, 11) is 0. The number of amides is 1. The molecule has 0 radical (unpaired) electrons. The van der Waals surface area contributed by atoms with E-state index in [1.54, 1.807) is 0 Å². The van der Waals surface area contributed by atoms with Gasteiger partial charge in [0.1, 0.15) is 0 Å². The van der Waals surface area contributed by atoms with Crippen LogP contribution in [-0.2, 0) is 4.79 Å². The zero-order chi connectivity index (χ0) is 18.4. The number of hydrogen-bond acceptors (Lipinski definition) is 2. The lowest BCUT2D eigenvalue weighted by Crippen LogP contribution is -2.52. The highest BCUT2D eigenvalue weighted by Crippen LogP contribution is 2.27. The lowest BCUT2D eigenvalue weighted by atomic mass is 9.90. The van der Waals surface area contributed by atoms with Crippen LogP contribution in [0.4, 0.5) is 0 Å². The highest BCUT2D eigenvalue weighted by Gasteiger charge is 2.30. The number of hydrogen-bond donors (Lipinski definition) is 0. The number of piperazine rings is 1. The molecule has 3 rings (SSSR count). The van der Waals surface area contributed by atoms with E-state index in [9.17, 15) is 4.79 Å². The maximum absolute atomic E-state index is 13.4. The summed E-state index contributed by atoms with van der Waals surface area (Å²) >= 11 is 0. The van der Waals surface area contributed by atoms with E-state index >= 15 is 0 Å². The van der Waals surface area contributed by atoms with E-state index in [0.29, 0.717) is 6.04 Å². The Morgan fingerprint density at radius 2 is 1.27 bits per heavy atom. The molecule has 138 valence electrons. The SMILES string of the molecule is CCC(CC)N1CCN(C(=O)C(c2ccccc2)c2ccccc2)CC1. The molecule has 1 amide bonds. The summed E-state index contributed by atoms with van der Waals surface area (Å²) in [6.07, 6.45) is 2.36. The Balaban J connectivity index is 1.77. The normalized spacial score (nSPS) is 15.6. The van der Waals surface area contributed by atoms with Crippen molar-refractivity contribution in [2.24, 2.45) is 0 Å². The van der Waals surface area contributed by atoms with Gasteiger partial charge in [-0.2, -0.15) is 0 Å². The molecule has 0 aromatic heterocycles. The van der Waals surface area contributed by atoms with Gasteiger partial charge in [-0.15, -0.1) is 0 Å². The smallest absolute Gasteiger partial charge is 0.234 e. The van der Waals surface area contributed by atoms with Crippen molar-refractivity contribution in [1.29, 1.82) is 0 Å². The van der Waals surface area contributed by atoms with Gasteiger partial charge >= 0.3 is 0 Å². The van der Waals surface area contributed by atoms with Crippen LogP contribution in [0.2, 0.25) is 0 Å². The second-order valence-corrected chi connectivity index (χ2v) is 7.09. The fourth-order valence-electron chi connectivity index (χ4n) is 4.06. The standard InChI is InChI=1S/C23H30N2O/c1-3-21(4-2)24-15-17-25(18-16-24)23(26)22(19-11-7-5-8-12-19)20-13-9-6-10-14-20/h5-14,21-22H,3-4,15-18H2,1-2H3. The van der Waals surface area contributed by atoms with Crippen LogP contribution in [0.5, 0.6) is 0 Å². The highest BCUT2D eigenvalue weighted by molar-refractivity contribution is 5.87. The Morgan fingerprint density at radius 1 is 0.808 bits per heavy atom. The van der Waals surface area contributed by atoms with Crippen molar-refractivity contribution in [2.75, 3.05) is 26.2 Å². The second-order valence-electron chi connectivity index (χ2n) is 7.09. The zero-order valence-corrected chi connectivity index (χ0v) is 16.0. The Morgan fingerprint density at radius 3 is 1.69 bits per heavy atom. The molecular formula is C23H30N2O. The van der Waals surface area contributed by atoms with Gasteiger partial charge in [-0.25, -0.2) is 0 Å². The first kappa shape index (κ1) is 18.7. The van der Waals surface area contributed by atoms with Crippen molar-refractivity contribution in [2.45, 2.75) is 38.6 Å². The molecule has 0 aliphatic carbocycles. The van der Waals surface area contributed by atoms with Crippen molar-refractivity contribution in [3.8, 4) is 0 Å². The van der Waals surface area contributed by atoms with Crippen molar-refractivity contribution < 1.29 is 4.79 Å². The van der Waals surface area contributed by atoms with Crippen LogP contribution in [0.25, 0.3) is 0 Å². The summed E-state index contributed by atoms with van der Waals surface area (Å²) in [6, 6.07) is 21.0. The molecule has 0 unspecified atom stereocenters. The number of rotatable bonds is 6. The largest absolute Gasteiger partial charge is 0.339 e. The fourth-order valence-corrected chi connectivity index (χ4v) is 4.06. The van der Waals surface area contributed by atoms with Gasteiger partial charge in [0.2, 0.25) is 5.91 Å². The van der Waals surface area contributed by atoms with Gasteiger partial charge in [0.05, 0.1) is 5.92 Å². The summed E-state index contributed by atoms with van der Waals surface area (Å²) in [5.41, 5.74) is 2.15. The van der Waals surface area contributed by atoms with E-state index in [2.05, 4.69) is 47.9 Å². The number of nitrogens with zero attached hydrogens (tertiary/aromatic N) is 2. The number of carbonyl (C=O) groups excluding carboxylic acids is 1. The fraction of sp³-hybridized carbons (Fsp3) is 0.435. The van der Waals surface area contributed by atoms with Gasteiger partial charge in [-0.05, 0) is 24.0 Å². The minimum absolute atomic E-state index is 0.211. The minimum atomic E-state index is -0.211. The predicted molar refractivity (Wildman–Crippen MR) is 107 cm³/mol. The minimum Gasteiger partial charge on any atom is -0.339 e. The van der Waals surface area contributed by atoms with Gasteiger partial charge < -0.3 is 4.90 Å². The highest BCUT2D eigenvalue weighted by atomic mass is 16.2. The van der Waals surface area contributed by atoms with Crippen LogP contribution in [0.15, 0.2) is 60.7 Å². The first-order valence-electron chi connectivity index (χ1n) is 9.87. The van der Waals surface area contributed by atoms with E-state index < -0.39 is 0 Å². The molecule has 1 fully saturated rings. The van der Waals surface area contributed by atoms with Gasteiger partial charge in [-0.1, -0.05) is 74.5 Å². The molecule has 0 spiro atoms. The molecule has 1 saturated heterocycles. The van der Waals surface area contributed by atoms with E-state index in [1.165, 1.54) is 12.8 Å². The van der Waals surface area contributed by atoms with Gasteiger partial charge in [0.25, 0.3) is 0 Å². The third kappa shape index (κ3) is 4.16. The van der Waals surface area contributed by atoms with Crippen molar-refractivity contribution >= 4 is 5.91 Å². The topological polar surface area (TPSA) is 23.6 Å². The average molecular weight is 351 g/mol. The molecule has 1 heterocycles. The summed E-state index contributed by atoms with van der Waals surface area (Å²) in [6.45, 7) is 8.12. The van der Waals surface area contributed by atoms with Crippen LogP contribution in [0, 0.1) is 0 Å². The lowest BCUT2D eigenvalue weighted by molar-refractivity contribution is -0.134. The average Bonchev–Trinajstić information content (AvgIpc) is 2.71. The Kier molecular flexibility index (Phi) is 6.45. The predicted octanol–water partition coefficient (Wildman–Crippen LogP) is 4.15. The molecule has 0 atom stereocenters. The van der Waals surface area contributed by atoms with E-state index in [1.807, 2.05) is 36.4 Å². The summed E-state index contributed by atoms with van der Waals surface area (Å²) < 4.78 is 0. The summed E-state index contributed by atoms with van der Waals surface area (Å²) in [4.78, 5) is 18.0. The Bertz CT molecular complexity index is 634. The first-order chi connectivity index (χ1) is 12.7. The maximum Gasteiger partial charge on any atom is 0.234 e. The molecule has 0 bridgehead atoms. The van der Waals surface area contributed by atoms with Crippen LogP contribution in [0.1, 0.15) is 43.7 Å². The van der Waals surface area contributed by atoms with Crippen molar-refractivity contribution in [3.05, 3.63) is 71.8 Å². The third-order valence-corrected chi connectivity index (χ3v) is 5.60. The van der Waals surface area contributed by atoms with E-state index in [-0.39, 0.29) is 11.8 Å². The van der Waals surface area contributed by atoms with Crippen LogP contribution < -0.4 is 0 Å². The molecule has 0 N–H and O–H groups in total. The van der Waals surface area contributed by atoms with Crippen molar-refractivity contribution in [1.82, 2.24) is 9.80 Å². The van der Waals surface area contributed by atoms with Gasteiger partial charge in [-0.3, -0.25) is 9.69 Å². The number of carbonyl (C=O) groups is 1. The van der Waals surface area contributed by atoms with Crippen molar-refractivity contribution in [3.63, 3.8) is 0 Å². The van der Waals surface area contributed by atoms with Gasteiger partial charge in [0.15, 0.2) is 0 Å². The van der Waals surface area contributed by atoms with Gasteiger partial charge in [0, 0.05) is 32.2 Å². The molecule has 3 heteroatoms.